The van der Waals surface area contributed by atoms with Gasteiger partial charge < -0.3 is 18.9 Å². The molecule has 0 saturated heterocycles. The van der Waals surface area contributed by atoms with Crippen LogP contribution in [-0.2, 0) is 16.1 Å². The lowest BCUT2D eigenvalue weighted by Gasteiger charge is -2.24. The third-order valence-corrected chi connectivity index (χ3v) is 8.69. The average molecular weight is 745 g/mol. The lowest BCUT2D eigenvalue weighted by atomic mass is 9.96. The van der Waals surface area contributed by atoms with Crippen molar-refractivity contribution in [2.45, 2.75) is 33.4 Å². The van der Waals surface area contributed by atoms with Crippen molar-refractivity contribution in [1.82, 2.24) is 4.57 Å². The highest BCUT2D eigenvalue weighted by Gasteiger charge is 2.33. The molecule has 0 bridgehead atoms. The minimum absolute atomic E-state index is 0.197. The number of carbonyl (C=O) groups excluding carboxylic acids is 1. The summed E-state index contributed by atoms with van der Waals surface area (Å²) in [5, 5.41) is 0.613. The van der Waals surface area contributed by atoms with Crippen molar-refractivity contribution >= 4 is 57.6 Å². The Morgan fingerprint density at radius 2 is 1.86 bits per heavy atom. The van der Waals surface area contributed by atoms with Crippen molar-refractivity contribution < 1.29 is 23.7 Å². The van der Waals surface area contributed by atoms with E-state index in [-0.39, 0.29) is 18.8 Å². The van der Waals surface area contributed by atoms with Crippen LogP contribution in [0.5, 0.6) is 17.2 Å². The number of hydrogen-bond acceptors (Lipinski definition) is 8. The topological polar surface area (TPSA) is 88.4 Å². The van der Waals surface area contributed by atoms with Gasteiger partial charge in [-0.05, 0) is 97.0 Å². The van der Waals surface area contributed by atoms with E-state index >= 15 is 0 Å². The molecule has 1 atom stereocenters. The molecule has 0 radical (unpaired) electrons. The number of thiazole rings is 1. The largest absolute Gasteiger partial charge is 0.494 e. The highest BCUT2D eigenvalue weighted by atomic mass is 127. The van der Waals surface area contributed by atoms with Gasteiger partial charge in [0.15, 0.2) is 16.3 Å². The number of hydrogen-bond donors (Lipinski definition) is 0. The fourth-order valence-corrected chi connectivity index (χ4v) is 6.81. The first-order chi connectivity index (χ1) is 21.2. The fourth-order valence-electron chi connectivity index (χ4n) is 4.95. The molecular weight excluding hydrogens is 715 g/mol. The van der Waals surface area contributed by atoms with E-state index in [4.69, 9.17) is 30.5 Å². The number of rotatable bonds is 10. The Hall–Kier alpha value is -3.61. The number of methoxy groups -OCH3 is 1. The first-order valence-electron chi connectivity index (χ1n) is 13.9. The molecule has 0 aliphatic carbocycles. The molecule has 44 heavy (non-hydrogen) atoms. The van der Waals surface area contributed by atoms with Gasteiger partial charge in [-0.25, -0.2) is 9.79 Å². The molecule has 0 N–H and O–H groups in total. The second-order valence-corrected chi connectivity index (χ2v) is 12.4. The number of nitrogens with zero attached hydrogens (tertiary/aromatic N) is 2. The van der Waals surface area contributed by atoms with Gasteiger partial charge in [-0.15, -0.1) is 0 Å². The molecule has 0 unspecified atom stereocenters. The summed E-state index contributed by atoms with van der Waals surface area (Å²) < 4.78 is 25.8. The Labute approximate surface area is 277 Å². The normalized spacial score (nSPS) is 14.6. The minimum Gasteiger partial charge on any atom is -0.494 e. The molecule has 8 nitrogen and oxygen atoms in total. The van der Waals surface area contributed by atoms with Crippen molar-refractivity contribution in [1.29, 1.82) is 0 Å². The zero-order valence-corrected chi connectivity index (χ0v) is 28.3. The van der Waals surface area contributed by atoms with Gasteiger partial charge >= 0.3 is 5.97 Å². The summed E-state index contributed by atoms with van der Waals surface area (Å²) >= 11 is 9.62. The summed E-state index contributed by atoms with van der Waals surface area (Å²) in [5.74, 6) is 1.21. The molecule has 4 aromatic rings. The van der Waals surface area contributed by atoms with Crippen LogP contribution in [0.2, 0.25) is 5.02 Å². The van der Waals surface area contributed by atoms with Gasteiger partial charge in [0.2, 0.25) is 0 Å². The van der Waals surface area contributed by atoms with Crippen molar-refractivity contribution in [2.24, 2.45) is 4.99 Å². The Morgan fingerprint density at radius 1 is 1.09 bits per heavy atom. The van der Waals surface area contributed by atoms with E-state index in [0.29, 0.717) is 55.0 Å². The van der Waals surface area contributed by atoms with E-state index in [0.717, 1.165) is 14.7 Å². The smallest absolute Gasteiger partial charge is 0.338 e. The van der Waals surface area contributed by atoms with Crippen LogP contribution in [0.15, 0.2) is 81.7 Å². The lowest BCUT2D eigenvalue weighted by molar-refractivity contribution is -0.139. The van der Waals surface area contributed by atoms with Crippen LogP contribution >= 0.6 is 45.5 Å². The van der Waals surface area contributed by atoms with E-state index in [9.17, 15) is 9.59 Å². The summed E-state index contributed by atoms with van der Waals surface area (Å²) in [5.41, 5.74) is 2.81. The van der Waals surface area contributed by atoms with Crippen LogP contribution < -0.4 is 29.1 Å². The molecule has 0 spiro atoms. The fraction of sp³-hybridized carbons (Fsp3) is 0.242. The summed E-state index contributed by atoms with van der Waals surface area (Å²) in [6, 6.07) is 17.9. The van der Waals surface area contributed by atoms with E-state index < -0.39 is 12.0 Å². The molecule has 3 aromatic carbocycles. The first-order valence-corrected chi connectivity index (χ1v) is 16.2. The molecule has 1 aliphatic heterocycles. The Bertz CT molecular complexity index is 1920. The summed E-state index contributed by atoms with van der Waals surface area (Å²) in [6.45, 7) is 6.39. The van der Waals surface area contributed by atoms with E-state index in [1.807, 2.05) is 61.5 Å². The molecule has 0 fully saturated rings. The predicted octanol–water partition coefficient (Wildman–Crippen LogP) is 6.04. The minimum atomic E-state index is -0.730. The third kappa shape index (κ3) is 6.72. The van der Waals surface area contributed by atoms with Crippen molar-refractivity contribution in [3.8, 4) is 17.2 Å². The number of carbonyl (C=O) groups is 1. The van der Waals surface area contributed by atoms with Crippen LogP contribution in [0.25, 0.3) is 6.08 Å². The van der Waals surface area contributed by atoms with Crippen molar-refractivity contribution in [2.75, 3.05) is 20.3 Å². The second kappa shape index (κ2) is 14.0. The molecular formula is C33H30ClIN2O6S. The molecule has 228 valence electrons. The standard InChI is InChI=1S/C33H30ClIN2O6S/c1-5-41-25-12-10-21(11-13-25)29-28(32(39)42-6-2)19(3)36-33-37(29)31(38)27(44-33)16-22-15-24(35)17-26(40-4)30(22)43-18-20-8-7-9-23(34)14-20/h7-17,29H,5-6,18H2,1-4H3/b27-16-/t29-/m0/s1. The number of fused-ring (bicyclic) bond motifs is 1. The van der Waals surface area contributed by atoms with Crippen LogP contribution in [0, 0.1) is 3.57 Å². The van der Waals surface area contributed by atoms with E-state index in [1.54, 1.807) is 37.7 Å². The number of ether oxygens (including phenoxy) is 4. The van der Waals surface area contributed by atoms with Gasteiger partial charge in [-0.1, -0.05) is 47.2 Å². The quantitative estimate of drug-likeness (QED) is 0.145. The Kier molecular flexibility index (Phi) is 10.1. The lowest BCUT2D eigenvalue weighted by Crippen LogP contribution is -2.39. The molecule has 1 aromatic heterocycles. The maximum Gasteiger partial charge on any atom is 0.338 e. The molecule has 2 heterocycles. The molecule has 5 rings (SSSR count). The first kappa shape index (κ1) is 31.8. The van der Waals surface area contributed by atoms with Gasteiger partial charge in [0.1, 0.15) is 12.4 Å². The van der Waals surface area contributed by atoms with Gasteiger partial charge in [0.05, 0.1) is 42.2 Å². The number of benzene rings is 3. The Morgan fingerprint density at radius 3 is 2.55 bits per heavy atom. The highest BCUT2D eigenvalue weighted by Crippen LogP contribution is 2.35. The highest BCUT2D eigenvalue weighted by molar-refractivity contribution is 14.1. The molecule has 0 saturated carbocycles. The molecule has 11 heteroatoms. The average Bonchev–Trinajstić information content (AvgIpc) is 3.30. The van der Waals surface area contributed by atoms with Crippen LogP contribution in [-0.4, -0.2) is 30.9 Å². The maximum atomic E-state index is 14.2. The third-order valence-electron chi connectivity index (χ3n) is 6.85. The van der Waals surface area contributed by atoms with Gasteiger partial charge in [0.25, 0.3) is 5.56 Å². The molecule has 1 aliphatic rings. The monoisotopic (exact) mass is 744 g/mol. The zero-order valence-electron chi connectivity index (χ0n) is 24.6. The summed E-state index contributed by atoms with van der Waals surface area (Å²) in [4.78, 5) is 32.5. The zero-order chi connectivity index (χ0) is 31.4. The van der Waals surface area contributed by atoms with E-state index in [1.165, 1.54) is 11.3 Å². The van der Waals surface area contributed by atoms with E-state index in [2.05, 4.69) is 27.6 Å². The SMILES string of the molecule is CCOC(=O)C1=C(C)N=c2s/c(=C\c3cc(I)cc(OC)c3OCc3cccc(Cl)c3)c(=O)n2[C@H]1c1ccc(OCC)cc1. The van der Waals surface area contributed by atoms with Gasteiger partial charge in [-0.2, -0.15) is 0 Å². The van der Waals surface area contributed by atoms with Crippen LogP contribution in [0.1, 0.15) is 43.5 Å². The molecule has 0 amide bonds. The van der Waals surface area contributed by atoms with Gasteiger partial charge in [-0.3, -0.25) is 9.36 Å². The number of aromatic nitrogens is 1. The summed E-state index contributed by atoms with van der Waals surface area (Å²) in [6.07, 6.45) is 1.78. The van der Waals surface area contributed by atoms with Gasteiger partial charge in [0, 0.05) is 14.2 Å². The number of allylic oxidation sites excluding steroid dienone is 1. The number of esters is 1. The maximum absolute atomic E-state index is 14.2. The summed E-state index contributed by atoms with van der Waals surface area (Å²) in [7, 11) is 1.58. The van der Waals surface area contributed by atoms with Crippen LogP contribution in [0.4, 0.5) is 0 Å². The predicted molar refractivity (Wildman–Crippen MR) is 180 cm³/mol. The van der Waals surface area contributed by atoms with Crippen LogP contribution in [0.3, 0.4) is 0 Å². The second-order valence-electron chi connectivity index (χ2n) is 9.75. The number of halogens is 2. The van der Waals surface area contributed by atoms with Crippen molar-refractivity contribution in [3.63, 3.8) is 0 Å². The van der Waals surface area contributed by atoms with Crippen molar-refractivity contribution in [3.05, 3.63) is 117 Å². The Balaban J connectivity index is 1.65.